The number of nitrogens with zero attached hydrogens (tertiary/aromatic N) is 4. The number of rotatable bonds is 5. The summed E-state index contributed by atoms with van der Waals surface area (Å²) in [5.74, 6) is 0.305. The second-order valence-electron chi connectivity index (χ2n) is 6.08. The highest BCUT2D eigenvalue weighted by atomic mass is 35.5. The summed E-state index contributed by atoms with van der Waals surface area (Å²) in [6.07, 6.45) is 2.34. The van der Waals surface area contributed by atoms with Crippen LogP contribution < -0.4 is 22.3 Å². The lowest BCUT2D eigenvalue weighted by Gasteiger charge is -2.09. The van der Waals surface area contributed by atoms with Gasteiger partial charge in [-0.25, -0.2) is 4.79 Å². The molecule has 4 N–H and O–H groups in total. The van der Waals surface area contributed by atoms with Crippen LogP contribution in [0.25, 0.3) is 11.2 Å². The number of nitrogens with one attached hydrogen (secondary N) is 2. The van der Waals surface area contributed by atoms with Gasteiger partial charge in [-0.2, -0.15) is 4.98 Å². The Hall–Kier alpha value is -3.04. The Morgan fingerprint density at radius 3 is 2.61 bits per heavy atom. The van der Waals surface area contributed by atoms with E-state index < -0.39 is 11.2 Å². The third-order valence-electron chi connectivity index (χ3n) is 4.22. The Morgan fingerprint density at radius 2 is 1.96 bits per heavy atom. The highest BCUT2D eigenvalue weighted by Crippen LogP contribution is 2.22. The number of fused-ring (bicyclic) bond motifs is 1. The van der Waals surface area contributed by atoms with E-state index in [0.717, 1.165) is 10.8 Å². The van der Waals surface area contributed by atoms with Gasteiger partial charge < -0.3 is 21.0 Å². The zero-order valence-electron chi connectivity index (χ0n) is 15.0. The first-order valence-electron chi connectivity index (χ1n) is 8.07. The zero-order chi connectivity index (χ0) is 20.6. The second kappa shape index (κ2) is 7.53. The minimum absolute atomic E-state index is 0.0347. The number of anilines is 1. The minimum Gasteiger partial charge on any atom is -0.396 e. The molecule has 0 bridgehead atoms. The summed E-state index contributed by atoms with van der Waals surface area (Å²) in [6.45, 7) is 0.0347. The lowest BCUT2D eigenvalue weighted by molar-refractivity contribution is 0.655. The molecular weight excluding hydrogens is 405 g/mol. The molecule has 0 aliphatic heterocycles. The normalized spacial score (nSPS) is 11.8. The molecule has 0 unspecified atom stereocenters. The van der Waals surface area contributed by atoms with Crippen molar-refractivity contribution >= 4 is 46.5 Å². The van der Waals surface area contributed by atoms with Crippen molar-refractivity contribution in [3.8, 4) is 0 Å². The first-order valence-corrected chi connectivity index (χ1v) is 8.83. The van der Waals surface area contributed by atoms with Crippen LogP contribution in [0.2, 0.25) is 10.0 Å². The molecule has 2 aromatic heterocycles. The van der Waals surface area contributed by atoms with Gasteiger partial charge in [0.25, 0.3) is 5.56 Å². The van der Waals surface area contributed by atoms with Crippen LogP contribution >= 0.6 is 23.2 Å². The number of hydrogen-bond donors (Lipinski definition) is 3. The Bertz CT molecular complexity index is 1240. The number of allylic oxidation sites excluding steroid dienone is 1. The zero-order valence-corrected chi connectivity index (χ0v) is 16.5. The SMILES string of the molecule is Cn1c(N/C=C(/N)C=N)nc2c1c(=O)n(Cc1ccc(Cl)c(Cl)c1)c(=O)n2C. The van der Waals surface area contributed by atoms with Crippen molar-refractivity contribution in [2.75, 3.05) is 5.32 Å². The Morgan fingerprint density at radius 1 is 1.25 bits per heavy atom. The van der Waals surface area contributed by atoms with E-state index in [1.54, 1.807) is 25.2 Å². The van der Waals surface area contributed by atoms with Crippen LogP contribution in [0.5, 0.6) is 0 Å². The summed E-state index contributed by atoms with van der Waals surface area (Å²) in [5.41, 5.74) is 5.87. The molecule has 0 spiro atoms. The van der Waals surface area contributed by atoms with Gasteiger partial charge in [-0.1, -0.05) is 29.3 Å². The van der Waals surface area contributed by atoms with E-state index in [4.69, 9.17) is 34.3 Å². The predicted octanol–water partition coefficient (Wildman–Crippen LogP) is 1.65. The molecule has 3 rings (SSSR count). The second-order valence-corrected chi connectivity index (χ2v) is 6.90. The van der Waals surface area contributed by atoms with Gasteiger partial charge in [0, 0.05) is 26.5 Å². The van der Waals surface area contributed by atoms with Crippen molar-refractivity contribution in [3.05, 3.63) is 66.5 Å². The van der Waals surface area contributed by atoms with E-state index >= 15 is 0 Å². The quantitative estimate of drug-likeness (QED) is 0.540. The predicted molar refractivity (Wildman–Crippen MR) is 110 cm³/mol. The maximum atomic E-state index is 13.0. The monoisotopic (exact) mass is 421 g/mol. The topological polar surface area (TPSA) is 124 Å². The van der Waals surface area contributed by atoms with E-state index in [9.17, 15) is 9.59 Å². The van der Waals surface area contributed by atoms with Crippen LogP contribution in [-0.4, -0.2) is 24.9 Å². The smallest absolute Gasteiger partial charge is 0.332 e. The van der Waals surface area contributed by atoms with Gasteiger partial charge in [0.2, 0.25) is 5.95 Å². The molecule has 1 aromatic carbocycles. The van der Waals surface area contributed by atoms with Gasteiger partial charge in [-0.05, 0) is 17.7 Å². The van der Waals surface area contributed by atoms with Crippen LogP contribution in [0, 0.1) is 5.41 Å². The molecule has 11 heteroatoms. The summed E-state index contributed by atoms with van der Waals surface area (Å²) in [6, 6.07) is 4.92. The van der Waals surface area contributed by atoms with Crippen molar-refractivity contribution in [2.45, 2.75) is 6.54 Å². The maximum absolute atomic E-state index is 13.0. The molecule has 0 saturated heterocycles. The number of benzene rings is 1. The highest BCUT2D eigenvalue weighted by molar-refractivity contribution is 6.42. The van der Waals surface area contributed by atoms with E-state index in [1.807, 2.05) is 0 Å². The van der Waals surface area contributed by atoms with Gasteiger partial charge >= 0.3 is 5.69 Å². The fourth-order valence-corrected chi connectivity index (χ4v) is 3.04. The average molecular weight is 422 g/mol. The molecule has 9 nitrogen and oxygen atoms in total. The van der Waals surface area contributed by atoms with Crippen LogP contribution in [0.15, 0.2) is 39.7 Å². The number of hydrogen-bond acceptors (Lipinski definition) is 6. The Kier molecular flexibility index (Phi) is 5.30. The third-order valence-corrected chi connectivity index (χ3v) is 4.96. The largest absolute Gasteiger partial charge is 0.396 e. The average Bonchev–Trinajstić information content (AvgIpc) is 3.01. The highest BCUT2D eigenvalue weighted by Gasteiger charge is 2.18. The van der Waals surface area contributed by atoms with E-state index in [1.165, 1.54) is 22.4 Å². The molecule has 0 aliphatic carbocycles. The third kappa shape index (κ3) is 3.41. The summed E-state index contributed by atoms with van der Waals surface area (Å²) in [5, 5.41) is 10.7. The molecule has 0 saturated carbocycles. The fourth-order valence-electron chi connectivity index (χ4n) is 2.72. The summed E-state index contributed by atoms with van der Waals surface area (Å²) < 4.78 is 3.93. The number of aryl methyl sites for hydroxylation is 2. The summed E-state index contributed by atoms with van der Waals surface area (Å²) in [4.78, 5) is 30.0. The van der Waals surface area contributed by atoms with Gasteiger partial charge in [-0.3, -0.25) is 13.9 Å². The molecule has 0 radical (unpaired) electrons. The molecule has 3 aromatic rings. The van der Waals surface area contributed by atoms with Crippen LogP contribution in [0.4, 0.5) is 5.95 Å². The molecule has 0 amide bonds. The van der Waals surface area contributed by atoms with Crippen molar-refractivity contribution in [3.63, 3.8) is 0 Å². The molecule has 0 atom stereocenters. The van der Waals surface area contributed by atoms with Gasteiger partial charge in [0.15, 0.2) is 11.2 Å². The van der Waals surface area contributed by atoms with Gasteiger partial charge in [-0.15, -0.1) is 0 Å². The molecule has 28 heavy (non-hydrogen) atoms. The molecule has 0 fully saturated rings. The van der Waals surface area contributed by atoms with Crippen molar-refractivity contribution in [1.82, 2.24) is 18.7 Å². The fraction of sp³-hybridized carbons (Fsp3) is 0.176. The molecule has 2 heterocycles. The molecule has 146 valence electrons. The number of nitrogens with two attached hydrogens (primary N) is 1. The van der Waals surface area contributed by atoms with Gasteiger partial charge in [0.05, 0.1) is 22.3 Å². The standard InChI is InChI=1S/C17H17Cl2N7O2/c1-24-13-14(23-16(24)22-7-10(21)6-20)25(2)17(28)26(15(13)27)8-9-3-4-11(18)12(19)5-9/h3-7,20H,8,21H2,1-2H3,(H,22,23)/b10-7+,20-6?. The number of imidazole rings is 1. The van der Waals surface area contributed by atoms with Crippen molar-refractivity contribution in [2.24, 2.45) is 19.8 Å². The molecule has 0 aliphatic rings. The van der Waals surface area contributed by atoms with Crippen LogP contribution in [0.1, 0.15) is 5.56 Å². The van der Waals surface area contributed by atoms with E-state index in [2.05, 4.69) is 10.3 Å². The first kappa shape index (κ1) is 19.7. The Labute approximate surface area is 169 Å². The summed E-state index contributed by atoms with van der Waals surface area (Å²) in [7, 11) is 3.18. The van der Waals surface area contributed by atoms with Crippen molar-refractivity contribution < 1.29 is 0 Å². The molecular formula is C17H17Cl2N7O2. The first-order chi connectivity index (χ1) is 13.2. The lowest BCUT2D eigenvalue weighted by Crippen LogP contribution is -2.39. The van der Waals surface area contributed by atoms with Gasteiger partial charge in [0.1, 0.15) is 0 Å². The summed E-state index contributed by atoms with van der Waals surface area (Å²) >= 11 is 12.0. The maximum Gasteiger partial charge on any atom is 0.332 e. The minimum atomic E-state index is -0.511. The Balaban J connectivity index is 2.16. The van der Waals surface area contributed by atoms with Crippen LogP contribution in [-0.2, 0) is 20.6 Å². The van der Waals surface area contributed by atoms with Crippen LogP contribution in [0.3, 0.4) is 0 Å². The van der Waals surface area contributed by atoms with E-state index in [0.29, 0.717) is 21.6 Å². The van der Waals surface area contributed by atoms with Crippen molar-refractivity contribution in [1.29, 1.82) is 5.41 Å². The van der Waals surface area contributed by atoms with E-state index in [-0.39, 0.29) is 23.4 Å². The number of aromatic nitrogens is 4. The lowest BCUT2D eigenvalue weighted by atomic mass is 10.2. The number of halogens is 2.